The molecule has 0 bridgehead atoms. The monoisotopic (exact) mass is 436 g/mol. The zero-order valence-electron chi connectivity index (χ0n) is 15.9. The normalized spacial score (nSPS) is 16.9. The van der Waals surface area contributed by atoms with Gasteiger partial charge in [0.1, 0.15) is 11.6 Å². The third kappa shape index (κ3) is 3.98. The highest BCUT2D eigenvalue weighted by atomic mass is 32.2. The Bertz CT molecular complexity index is 1210. The third-order valence-corrected chi connectivity index (χ3v) is 5.57. The Morgan fingerprint density at radius 3 is 2.60 bits per heavy atom. The minimum atomic E-state index is -3.39. The molecule has 4 rings (SSSR count). The number of anilines is 1. The number of aromatic nitrogens is 1. The molecule has 2 amide bonds. The van der Waals surface area contributed by atoms with Crippen molar-refractivity contribution >= 4 is 32.8 Å². The quantitative estimate of drug-likeness (QED) is 0.654. The Morgan fingerprint density at radius 2 is 1.90 bits per heavy atom. The highest BCUT2D eigenvalue weighted by Gasteiger charge is 2.29. The molecule has 30 heavy (non-hydrogen) atoms. The van der Waals surface area contributed by atoms with E-state index in [0.717, 1.165) is 18.4 Å². The molecule has 1 saturated heterocycles. The van der Waals surface area contributed by atoms with Crippen molar-refractivity contribution in [2.75, 3.05) is 24.7 Å². The summed E-state index contributed by atoms with van der Waals surface area (Å²) in [6.07, 6.45) is 1.52. The summed E-state index contributed by atoms with van der Waals surface area (Å²) < 4.78 is 59.1. The van der Waals surface area contributed by atoms with Gasteiger partial charge in [0.2, 0.25) is 10.0 Å². The van der Waals surface area contributed by atoms with E-state index in [4.69, 9.17) is 4.52 Å². The first-order chi connectivity index (χ1) is 14.2. The smallest absolute Gasteiger partial charge is 0.323 e. The average Bonchev–Trinajstić information content (AvgIpc) is 3.28. The molecule has 8 nitrogen and oxygen atoms in total. The summed E-state index contributed by atoms with van der Waals surface area (Å²) >= 11 is 0. The van der Waals surface area contributed by atoms with Crippen molar-refractivity contribution in [1.29, 1.82) is 0 Å². The van der Waals surface area contributed by atoms with E-state index in [1.807, 2.05) is 0 Å². The Balaban J connectivity index is 1.63. The highest BCUT2D eigenvalue weighted by molar-refractivity contribution is 7.88. The molecule has 1 fully saturated rings. The minimum absolute atomic E-state index is 0.0211. The summed E-state index contributed by atoms with van der Waals surface area (Å²) in [6.45, 7) is 0.521. The molecule has 3 aromatic rings. The van der Waals surface area contributed by atoms with Crippen LogP contribution < -0.4 is 10.0 Å². The number of halogens is 2. The maximum Gasteiger partial charge on any atom is 0.323 e. The summed E-state index contributed by atoms with van der Waals surface area (Å²) in [5.41, 5.74) is 0.196. The van der Waals surface area contributed by atoms with Gasteiger partial charge in [-0.2, -0.15) is 0 Å². The van der Waals surface area contributed by atoms with Crippen molar-refractivity contribution in [1.82, 2.24) is 14.8 Å². The topological polar surface area (TPSA) is 105 Å². The predicted molar refractivity (Wildman–Crippen MR) is 106 cm³/mol. The highest BCUT2D eigenvalue weighted by Crippen LogP contribution is 2.36. The molecule has 0 saturated carbocycles. The number of benzene rings is 2. The number of likely N-dealkylation sites (tertiary alicyclic amines) is 1. The lowest BCUT2D eigenvalue weighted by atomic mass is 10.0. The van der Waals surface area contributed by atoms with Crippen molar-refractivity contribution in [2.45, 2.75) is 12.5 Å². The fourth-order valence-corrected chi connectivity index (χ4v) is 4.36. The number of nitrogens with zero attached hydrogens (tertiary/aromatic N) is 2. The molecule has 1 aromatic heterocycles. The molecule has 1 unspecified atom stereocenters. The Hall–Kier alpha value is -3.05. The Morgan fingerprint density at radius 1 is 1.20 bits per heavy atom. The molecule has 2 heterocycles. The zero-order valence-corrected chi connectivity index (χ0v) is 16.7. The Labute approximate surface area is 170 Å². The second kappa shape index (κ2) is 7.65. The van der Waals surface area contributed by atoms with Gasteiger partial charge in [-0.25, -0.2) is 26.7 Å². The van der Waals surface area contributed by atoms with Gasteiger partial charge in [-0.15, -0.1) is 0 Å². The van der Waals surface area contributed by atoms with Crippen LogP contribution in [-0.4, -0.2) is 49.9 Å². The lowest BCUT2D eigenvalue weighted by molar-refractivity contribution is 0.221. The van der Waals surface area contributed by atoms with Crippen molar-refractivity contribution in [3.8, 4) is 11.1 Å². The summed E-state index contributed by atoms with van der Waals surface area (Å²) in [4.78, 5) is 14.1. The zero-order chi connectivity index (χ0) is 21.5. The van der Waals surface area contributed by atoms with E-state index in [0.29, 0.717) is 13.0 Å². The van der Waals surface area contributed by atoms with Gasteiger partial charge in [-0.3, -0.25) is 5.32 Å². The summed E-state index contributed by atoms with van der Waals surface area (Å²) in [6, 6.07) is 7.29. The number of carbonyl (C=O) groups is 1. The van der Waals surface area contributed by atoms with Crippen molar-refractivity contribution in [2.24, 2.45) is 0 Å². The fraction of sp³-hybridized carbons (Fsp3) is 0.263. The number of hydrogen-bond donors (Lipinski definition) is 2. The van der Waals surface area contributed by atoms with Crippen molar-refractivity contribution in [3.63, 3.8) is 0 Å². The van der Waals surface area contributed by atoms with Crippen molar-refractivity contribution in [3.05, 3.63) is 48.0 Å². The maximum absolute atomic E-state index is 14.3. The number of carbonyl (C=O) groups excluding carboxylic acids is 1. The molecule has 0 spiro atoms. The molecule has 2 aromatic carbocycles. The first-order valence-electron chi connectivity index (χ1n) is 9.09. The third-order valence-electron chi connectivity index (χ3n) is 4.81. The largest absolute Gasteiger partial charge is 0.354 e. The number of nitrogens with one attached hydrogen (secondary N) is 2. The van der Waals surface area contributed by atoms with Gasteiger partial charge in [-0.1, -0.05) is 23.4 Å². The minimum Gasteiger partial charge on any atom is -0.354 e. The number of amides is 2. The van der Waals surface area contributed by atoms with Crippen LogP contribution in [0, 0.1) is 11.6 Å². The molecule has 2 N–H and O–H groups in total. The van der Waals surface area contributed by atoms with Crippen LogP contribution in [0.3, 0.4) is 0 Å². The summed E-state index contributed by atoms with van der Waals surface area (Å²) in [7, 11) is -3.39. The summed E-state index contributed by atoms with van der Waals surface area (Å²) in [5.74, 6) is -1.49. The van der Waals surface area contributed by atoms with E-state index >= 15 is 0 Å². The number of sulfonamides is 1. The molecule has 158 valence electrons. The van der Waals surface area contributed by atoms with Gasteiger partial charge in [0.05, 0.1) is 17.2 Å². The van der Waals surface area contributed by atoms with Gasteiger partial charge in [0.15, 0.2) is 11.4 Å². The molecule has 1 atom stereocenters. The second-order valence-electron chi connectivity index (χ2n) is 7.06. The van der Waals surface area contributed by atoms with Gasteiger partial charge in [0.25, 0.3) is 0 Å². The number of hydrogen-bond acceptors (Lipinski definition) is 5. The molecule has 0 radical (unpaired) electrons. The number of rotatable bonds is 4. The van der Waals surface area contributed by atoms with Crippen LogP contribution in [0.15, 0.2) is 40.9 Å². The van der Waals surface area contributed by atoms with E-state index in [9.17, 15) is 22.0 Å². The molecular formula is C19H18F2N4O4S. The molecule has 11 heteroatoms. The van der Waals surface area contributed by atoms with Crippen LogP contribution in [0.1, 0.15) is 6.42 Å². The Kier molecular flexibility index (Phi) is 5.16. The lowest BCUT2D eigenvalue weighted by Crippen LogP contribution is -2.39. The molecule has 1 aliphatic heterocycles. The van der Waals surface area contributed by atoms with Crippen LogP contribution in [0.5, 0.6) is 0 Å². The standard InChI is InChI=1S/C19H18F2N4O4S/c1-30(27,28)24-11-8-9-25(10-11)19(26)22-18-17-12(4-2-7-15(17)29-23-18)16-13(20)5-3-6-14(16)21/h2-7,11,24H,8-10H2,1H3,(H,22,23,26). The van der Waals surface area contributed by atoms with Crippen LogP contribution in [0.4, 0.5) is 19.4 Å². The average molecular weight is 436 g/mol. The lowest BCUT2D eigenvalue weighted by Gasteiger charge is -2.17. The van der Waals surface area contributed by atoms with Gasteiger partial charge in [-0.05, 0) is 24.6 Å². The van der Waals surface area contributed by atoms with E-state index in [-0.39, 0.29) is 40.5 Å². The SMILES string of the molecule is CS(=O)(=O)NC1CCN(C(=O)Nc2noc3cccc(-c4c(F)cccc4F)c23)C1. The molecule has 1 aliphatic rings. The van der Waals surface area contributed by atoms with Crippen LogP contribution >= 0.6 is 0 Å². The first-order valence-corrected chi connectivity index (χ1v) is 11.0. The van der Waals surface area contributed by atoms with Gasteiger partial charge in [0, 0.05) is 24.7 Å². The van der Waals surface area contributed by atoms with E-state index in [1.54, 1.807) is 12.1 Å². The van der Waals surface area contributed by atoms with Gasteiger partial charge < -0.3 is 9.42 Å². The van der Waals surface area contributed by atoms with Gasteiger partial charge >= 0.3 is 6.03 Å². The summed E-state index contributed by atoms with van der Waals surface area (Å²) in [5, 5.41) is 6.70. The van der Waals surface area contributed by atoms with Crippen LogP contribution in [0.2, 0.25) is 0 Å². The van der Waals surface area contributed by atoms with E-state index in [1.165, 1.54) is 17.0 Å². The van der Waals surface area contributed by atoms with Crippen molar-refractivity contribution < 1.29 is 26.5 Å². The van der Waals surface area contributed by atoms with E-state index < -0.39 is 27.7 Å². The second-order valence-corrected chi connectivity index (χ2v) is 8.84. The van der Waals surface area contributed by atoms with E-state index in [2.05, 4.69) is 15.2 Å². The molecule has 0 aliphatic carbocycles. The number of urea groups is 1. The predicted octanol–water partition coefficient (Wildman–Crippen LogP) is 2.93. The van der Waals surface area contributed by atoms with Crippen LogP contribution in [0.25, 0.3) is 22.1 Å². The maximum atomic E-state index is 14.3. The number of fused-ring (bicyclic) bond motifs is 1. The van der Waals surface area contributed by atoms with Crippen LogP contribution in [-0.2, 0) is 10.0 Å². The first kappa shape index (κ1) is 20.2. The fourth-order valence-electron chi connectivity index (χ4n) is 3.56. The molecular weight excluding hydrogens is 418 g/mol.